The smallest absolute Gasteiger partial charge is 0.230 e. The largest absolute Gasteiger partial charge is 0.395 e. The molecule has 1 unspecified atom stereocenters. The number of aliphatic hydroxyl groups excluding tert-OH is 1. The van der Waals surface area contributed by atoms with Crippen molar-refractivity contribution in [2.24, 2.45) is 0 Å². The highest BCUT2D eigenvalue weighted by Crippen LogP contribution is 2.04. The van der Waals surface area contributed by atoms with Gasteiger partial charge in [0.25, 0.3) is 0 Å². The first-order valence-electron chi connectivity index (χ1n) is 3.42. The third kappa shape index (κ3) is 2.44. The quantitative estimate of drug-likeness (QED) is 0.629. The number of hydrogen-bond donors (Lipinski definition) is 1. The zero-order chi connectivity index (χ0) is 9.78. The Morgan fingerprint density at radius 1 is 1.67 bits per heavy atom. The van der Waals surface area contributed by atoms with Gasteiger partial charge in [0.15, 0.2) is 5.25 Å². The molecule has 6 heteroatoms. The van der Waals surface area contributed by atoms with Gasteiger partial charge in [-0.3, -0.25) is 0 Å². The van der Waals surface area contributed by atoms with Crippen molar-refractivity contribution in [2.75, 3.05) is 20.2 Å². The lowest BCUT2D eigenvalue weighted by Crippen LogP contribution is -2.35. The molecule has 0 fully saturated rings. The Labute approximate surface area is 72.3 Å². The summed E-state index contributed by atoms with van der Waals surface area (Å²) in [5.74, 6) is 0. The Balaban J connectivity index is 4.53. The molecule has 12 heavy (non-hydrogen) atoms. The van der Waals surface area contributed by atoms with Gasteiger partial charge in [-0.25, -0.2) is 12.7 Å². The van der Waals surface area contributed by atoms with Gasteiger partial charge in [0, 0.05) is 13.6 Å². The summed E-state index contributed by atoms with van der Waals surface area (Å²) in [6.45, 7) is 1.09. The van der Waals surface area contributed by atoms with Crippen molar-refractivity contribution >= 4 is 10.0 Å². The molecule has 0 aromatic carbocycles. The van der Waals surface area contributed by atoms with E-state index in [1.807, 2.05) is 0 Å². The third-order valence-corrected chi connectivity index (χ3v) is 3.53. The number of likely N-dealkylation sites (N-methyl/N-ethyl adjacent to an activating group) is 1. The minimum absolute atomic E-state index is 0.0222. The molecular weight excluding hydrogens is 180 g/mol. The molecule has 0 heterocycles. The highest BCUT2D eigenvalue weighted by Gasteiger charge is 2.24. The topological polar surface area (TPSA) is 81.4 Å². The molecular formula is C6H12N2O3S. The highest BCUT2D eigenvalue weighted by atomic mass is 32.2. The van der Waals surface area contributed by atoms with Gasteiger partial charge in [0.2, 0.25) is 10.0 Å². The molecule has 0 radical (unpaired) electrons. The van der Waals surface area contributed by atoms with Crippen LogP contribution in [-0.4, -0.2) is 43.3 Å². The minimum atomic E-state index is -3.54. The molecule has 1 atom stereocenters. The van der Waals surface area contributed by atoms with E-state index in [1.54, 1.807) is 6.07 Å². The van der Waals surface area contributed by atoms with Crippen molar-refractivity contribution in [3.8, 4) is 6.07 Å². The Hall–Kier alpha value is -0.640. The molecule has 0 bridgehead atoms. The van der Waals surface area contributed by atoms with Gasteiger partial charge in [-0.1, -0.05) is 0 Å². The molecule has 0 spiro atoms. The van der Waals surface area contributed by atoms with Crippen LogP contribution in [-0.2, 0) is 10.0 Å². The van der Waals surface area contributed by atoms with Crippen molar-refractivity contribution in [2.45, 2.75) is 12.2 Å². The monoisotopic (exact) mass is 192 g/mol. The van der Waals surface area contributed by atoms with Gasteiger partial charge >= 0.3 is 0 Å². The Morgan fingerprint density at radius 3 is 2.50 bits per heavy atom. The summed E-state index contributed by atoms with van der Waals surface area (Å²) in [5.41, 5.74) is 0. The summed E-state index contributed by atoms with van der Waals surface area (Å²) in [5, 5.41) is 15.8. The van der Waals surface area contributed by atoms with E-state index in [-0.39, 0.29) is 13.2 Å². The molecule has 0 amide bonds. The fraction of sp³-hybridized carbons (Fsp3) is 0.833. The summed E-state index contributed by atoms with van der Waals surface area (Å²) in [6, 6.07) is 1.63. The van der Waals surface area contributed by atoms with E-state index in [9.17, 15) is 8.42 Å². The van der Waals surface area contributed by atoms with Gasteiger partial charge in [-0.05, 0) is 6.92 Å². The zero-order valence-electron chi connectivity index (χ0n) is 7.06. The van der Waals surface area contributed by atoms with Crippen LogP contribution in [0.15, 0.2) is 0 Å². The van der Waals surface area contributed by atoms with Crippen LogP contribution in [0.4, 0.5) is 0 Å². The number of hydrogen-bond acceptors (Lipinski definition) is 4. The average molecular weight is 192 g/mol. The van der Waals surface area contributed by atoms with Crippen LogP contribution in [0.1, 0.15) is 6.92 Å². The van der Waals surface area contributed by atoms with E-state index in [2.05, 4.69) is 0 Å². The fourth-order valence-electron chi connectivity index (χ4n) is 0.605. The summed E-state index contributed by atoms with van der Waals surface area (Å²) >= 11 is 0. The maximum Gasteiger partial charge on any atom is 0.230 e. The van der Waals surface area contributed by atoms with Gasteiger partial charge in [-0.15, -0.1) is 0 Å². The number of aliphatic hydroxyl groups is 1. The molecule has 0 aliphatic carbocycles. The minimum Gasteiger partial charge on any atom is -0.395 e. The van der Waals surface area contributed by atoms with Gasteiger partial charge in [0.05, 0.1) is 12.7 Å². The van der Waals surface area contributed by atoms with Crippen LogP contribution in [0.2, 0.25) is 0 Å². The molecule has 0 aliphatic heterocycles. The fourth-order valence-corrected chi connectivity index (χ4v) is 1.61. The summed E-state index contributed by atoms with van der Waals surface area (Å²) in [4.78, 5) is 0. The van der Waals surface area contributed by atoms with Crippen LogP contribution in [0.5, 0.6) is 0 Å². The second kappa shape index (κ2) is 4.40. The van der Waals surface area contributed by atoms with E-state index in [4.69, 9.17) is 10.4 Å². The molecule has 0 rings (SSSR count). The SMILES string of the molecule is CC(C#N)S(=O)(=O)N(C)CCO. The summed E-state index contributed by atoms with van der Waals surface area (Å²) in [6.07, 6.45) is 0. The molecule has 0 saturated heterocycles. The van der Waals surface area contributed by atoms with Gasteiger partial charge in [-0.2, -0.15) is 5.26 Å². The summed E-state index contributed by atoms with van der Waals surface area (Å²) in [7, 11) is -2.21. The first-order chi connectivity index (χ1) is 5.46. The van der Waals surface area contributed by atoms with Crippen molar-refractivity contribution in [3.63, 3.8) is 0 Å². The lowest BCUT2D eigenvalue weighted by atomic mass is 10.5. The van der Waals surface area contributed by atoms with E-state index in [0.717, 1.165) is 4.31 Å². The zero-order valence-corrected chi connectivity index (χ0v) is 7.87. The normalized spacial score (nSPS) is 14.2. The van der Waals surface area contributed by atoms with Crippen LogP contribution in [0, 0.1) is 11.3 Å². The lowest BCUT2D eigenvalue weighted by Gasteiger charge is -2.16. The van der Waals surface area contributed by atoms with Gasteiger partial charge in [0.1, 0.15) is 0 Å². The predicted molar refractivity (Wildman–Crippen MR) is 43.7 cm³/mol. The maximum absolute atomic E-state index is 11.2. The molecule has 0 aliphatic rings. The molecule has 1 N–H and O–H groups in total. The van der Waals surface area contributed by atoms with Gasteiger partial charge < -0.3 is 5.11 Å². The Morgan fingerprint density at radius 2 is 2.17 bits per heavy atom. The Bertz CT molecular complexity index is 267. The molecule has 5 nitrogen and oxygen atoms in total. The molecule has 0 saturated carbocycles. The summed E-state index contributed by atoms with van der Waals surface area (Å²) < 4.78 is 23.5. The van der Waals surface area contributed by atoms with E-state index < -0.39 is 15.3 Å². The lowest BCUT2D eigenvalue weighted by molar-refractivity contribution is 0.266. The first-order valence-corrected chi connectivity index (χ1v) is 4.92. The Kier molecular flexibility index (Phi) is 4.17. The second-order valence-corrected chi connectivity index (χ2v) is 4.72. The van der Waals surface area contributed by atoms with E-state index >= 15 is 0 Å². The standard InChI is InChI=1S/C6H12N2O3S/c1-6(5-7)12(10,11)8(2)3-4-9/h6,9H,3-4H2,1-2H3. The number of sulfonamides is 1. The third-order valence-electron chi connectivity index (χ3n) is 1.48. The second-order valence-electron chi connectivity index (χ2n) is 2.36. The first kappa shape index (κ1) is 11.4. The van der Waals surface area contributed by atoms with E-state index in [1.165, 1.54) is 14.0 Å². The van der Waals surface area contributed by atoms with Crippen molar-refractivity contribution in [3.05, 3.63) is 0 Å². The maximum atomic E-state index is 11.2. The number of rotatable bonds is 4. The molecule has 70 valence electrons. The van der Waals surface area contributed by atoms with Crippen LogP contribution in [0.25, 0.3) is 0 Å². The number of nitrogens with zero attached hydrogens (tertiary/aromatic N) is 2. The van der Waals surface area contributed by atoms with E-state index in [0.29, 0.717) is 0 Å². The van der Waals surface area contributed by atoms with Crippen molar-refractivity contribution in [1.82, 2.24) is 4.31 Å². The predicted octanol–water partition coefficient (Wildman–Crippen LogP) is -0.848. The van der Waals surface area contributed by atoms with Crippen LogP contribution < -0.4 is 0 Å². The van der Waals surface area contributed by atoms with Crippen molar-refractivity contribution < 1.29 is 13.5 Å². The van der Waals surface area contributed by atoms with Crippen LogP contribution in [0.3, 0.4) is 0 Å². The van der Waals surface area contributed by atoms with Crippen molar-refractivity contribution in [1.29, 1.82) is 5.26 Å². The van der Waals surface area contributed by atoms with Crippen LogP contribution >= 0.6 is 0 Å². The average Bonchev–Trinajstić information content (AvgIpc) is 2.03. The number of nitriles is 1. The molecule has 0 aromatic heterocycles. The highest BCUT2D eigenvalue weighted by molar-refractivity contribution is 7.89. The molecule has 0 aromatic rings.